The Hall–Kier alpha value is -1.91. The number of carbonyl (C=O) groups is 1. The summed E-state index contributed by atoms with van der Waals surface area (Å²) in [6.07, 6.45) is 9.95. The highest BCUT2D eigenvalue weighted by Crippen LogP contribution is 2.38. The van der Waals surface area contributed by atoms with E-state index in [4.69, 9.17) is 18.9 Å². The Morgan fingerprint density at radius 3 is 1.84 bits per heavy atom. The molecule has 0 aliphatic rings. The van der Waals surface area contributed by atoms with Gasteiger partial charge in [0.1, 0.15) is 0 Å². The van der Waals surface area contributed by atoms with Crippen LogP contribution in [0.5, 0.6) is 17.2 Å². The van der Waals surface area contributed by atoms with E-state index in [-0.39, 0.29) is 0 Å². The second-order valence-corrected chi connectivity index (χ2v) is 6.02. The average Bonchev–Trinajstić information content (AvgIpc) is 2.65. The van der Waals surface area contributed by atoms with Gasteiger partial charge in [-0.2, -0.15) is 0 Å². The summed E-state index contributed by atoms with van der Waals surface area (Å²) in [5, 5.41) is 0. The minimum atomic E-state index is -0.439. The second kappa shape index (κ2) is 12.5. The second-order valence-electron chi connectivity index (χ2n) is 6.02. The molecular formula is C20H32O5. The lowest BCUT2D eigenvalue weighted by Crippen LogP contribution is -2.06. The molecular weight excluding hydrogens is 320 g/mol. The van der Waals surface area contributed by atoms with Crippen LogP contribution in [0, 0.1) is 0 Å². The van der Waals surface area contributed by atoms with Gasteiger partial charge < -0.3 is 18.9 Å². The van der Waals surface area contributed by atoms with E-state index < -0.39 is 5.97 Å². The molecule has 0 N–H and O–H groups in total. The van der Waals surface area contributed by atoms with Crippen LogP contribution in [-0.4, -0.2) is 33.9 Å². The predicted octanol–water partition coefficient (Wildman–Crippen LogP) is 5.01. The summed E-state index contributed by atoms with van der Waals surface area (Å²) in [6.45, 7) is 2.83. The summed E-state index contributed by atoms with van der Waals surface area (Å²) in [4.78, 5) is 11.7. The fraction of sp³-hybridized carbons (Fsp3) is 0.650. The molecule has 0 amide bonds. The van der Waals surface area contributed by atoms with Gasteiger partial charge in [-0.25, -0.2) is 4.79 Å². The third-order valence-corrected chi connectivity index (χ3v) is 4.13. The molecule has 0 saturated heterocycles. The molecule has 0 atom stereocenters. The van der Waals surface area contributed by atoms with E-state index in [0.29, 0.717) is 29.4 Å². The molecule has 0 unspecified atom stereocenters. The Bertz CT molecular complexity index is 488. The number of rotatable bonds is 13. The molecule has 1 rings (SSSR count). The smallest absolute Gasteiger partial charge is 0.338 e. The normalized spacial score (nSPS) is 10.4. The van der Waals surface area contributed by atoms with Gasteiger partial charge in [-0.3, -0.25) is 0 Å². The van der Waals surface area contributed by atoms with Gasteiger partial charge in [-0.1, -0.05) is 51.9 Å². The monoisotopic (exact) mass is 352 g/mol. The molecule has 142 valence electrons. The summed E-state index contributed by atoms with van der Waals surface area (Å²) in [6, 6.07) is 3.22. The van der Waals surface area contributed by atoms with E-state index in [9.17, 15) is 4.79 Å². The Labute approximate surface area is 151 Å². The maximum Gasteiger partial charge on any atom is 0.338 e. The number of methoxy groups -OCH3 is 3. The highest BCUT2D eigenvalue weighted by Gasteiger charge is 2.17. The molecule has 0 bridgehead atoms. The van der Waals surface area contributed by atoms with Crippen LogP contribution in [0.2, 0.25) is 0 Å². The van der Waals surface area contributed by atoms with Crippen molar-refractivity contribution in [3.8, 4) is 17.2 Å². The van der Waals surface area contributed by atoms with E-state index in [1.54, 1.807) is 26.4 Å². The minimum absolute atomic E-state index is 0.371. The standard InChI is InChI=1S/C20H32O5/c1-5-6-7-8-9-10-11-12-13-25-19-17(22-2)14-16(20(21)24-4)15-18(19)23-3/h14-15H,5-13H2,1-4H3. The van der Waals surface area contributed by atoms with Crippen LogP contribution in [0.4, 0.5) is 0 Å². The van der Waals surface area contributed by atoms with Gasteiger partial charge in [0.25, 0.3) is 0 Å². The van der Waals surface area contributed by atoms with Crippen LogP contribution in [0.15, 0.2) is 12.1 Å². The highest BCUT2D eigenvalue weighted by atomic mass is 16.5. The maximum atomic E-state index is 11.7. The molecule has 0 radical (unpaired) electrons. The molecule has 5 heteroatoms. The number of unbranched alkanes of at least 4 members (excludes halogenated alkanes) is 7. The third kappa shape index (κ3) is 7.24. The fourth-order valence-electron chi connectivity index (χ4n) is 2.67. The van der Waals surface area contributed by atoms with Crippen molar-refractivity contribution in [1.82, 2.24) is 0 Å². The number of carbonyl (C=O) groups excluding carboxylic acids is 1. The van der Waals surface area contributed by atoms with Gasteiger partial charge >= 0.3 is 5.97 Å². The minimum Gasteiger partial charge on any atom is -0.493 e. The van der Waals surface area contributed by atoms with Crippen molar-refractivity contribution in [3.63, 3.8) is 0 Å². The van der Waals surface area contributed by atoms with E-state index in [1.165, 1.54) is 45.6 Å². The van der Waals surface area contributed by atoms with Crippen LogP contribution in [0.25, 0.3) is 0 Å². The van der Waals surface area contributed by atoms with Crippen molar-refractivity contribution in [2.45, 2.75) is 58.3 Å². The van der Waals surface area contributed by atoms with Gasteiger partial charge in [0.05, 0.1) is 33.5 Å². The van der Waals surface area contributed by atoms with Crippen molar-refractivity contribution in [3.05, 3.63) is 17.7 Å². The molecule has 0 heterocycles. The van der Waals surface area contributed by atoms with Gasteiger partial charge in [-0.15, -0.1) is 0 Å². The lowest BCUT2D eigenvalue weighted by Gasteiger charge is -2.15. The van der Waals surface area contributed by atoms with Crippen LogP contribution in [-0.2, 0) is 4.74 Å². The summed E-state index contributed by atoms with van der Waals surface area (Å²) in [5.41, 5.74) is 0.371. The van der Waals surface area contributed by atoms with Gasteiger partial charge in [0, 0.05) is 0 Å². The number of ether oxygens (including phenoxy) is 4. The molecule has 0 spiro atoms. The summed E-state index contributed by atoms with van der Waals surface area (Å²) >= 11 is 0. The Balaban J connectivity index is 2.50. The van der Waals surface area contributed by atoms with Crippen molar-refractivity contribution >= 4 is 5.97 Å². The van der Waals surface area contributed by atoms with Crippen LogP contribution >= 0.6 is 0 Å². The lowest BCUT2D eigenvalue weighted by molar-refractivity contribution is 0.0599. The number of esters is 1. The first-order valence-electron chi connectivity index (χ1n) is 9.15. The van der Waals surface area contributed by atoms with E-state index in [2.05, 4.69) is 6.92 Å². The van der Waals surface area contributed by atoms with Gasteiger partial charge in [0.2, 0.25) is 5.75 Å². The first-order chi connectivity index (χ1) is 12.2. The van der Waals surface area contributed by atoms with Crippen molar-refractivity contribution in [2.24, 2.45) is 0 Å². The molecule has 1 aromatic rings. The van der Waals surface area contributed by atoms with Gasteiger partial charge in [0.15, 0.2) is 11.5 Å². The largest absolute Gasteiger partial charge is 0.493 e. The summed E-state index contributed by atoms with van der Waals surface area (Å²) < 4.78 is 21.3. The van der Waals surface area contributed by atoms with Gasteiger partial charge in [-0.05, 0) is 18.6 Å². The SMILES string of the molecule is CCCCCCCCCCOc1c(OC)cc(C(=O)OC)cc1OC. The Kier molecular flexibility index (Phi) is 10.5. The molecule has 0 fully saturated rings. The first kappa shape index (κ1) is 21.1. The summed E-state index contributed by atoms with van der Waals surface area (Å²) in [5.74, 6) is 1.03. The Morgan fingerprint density at radius 1 is 0.840 bits per heavy atom. The molecule has 0 aliphatic carbocycles. The van der Waals surface area contributed by atoms with Crippen molar-refractivity contribution < 1.29 is 23.7 Å². The topological polar surface area (TPSA) is 54.0 Å². The maximum absolute atomic E-state index is 11.7. The molecule has 1 aromatic carbocycles. The highest BCUT2D eigenvalue weighted by molar-refractivity contribution is 5.91. The van der Waals surface area contributed by atoms with Crippen LogP contribution in [0.3, 0.4) is 0 Å². The summed E-state index contributed by atoms with van der Waals surface area (Å²) in [7, 11) is 4.42. The zero-order valence-electron chi connectivity index (χ0n) is 16.1. The zero-order chi connectivity index (χ0) is 18.5. The van der Waals surface area contributed by atoms with Crippen molar-refractivity contribution in [2.75, 3.05) is 27.9 Å². The molecule has 5 nitrogen and oxygen atoms in total. The number of hydrogen-bond acceptors (Lipinski definition) is 5. The molecule has 0 saturated carbocycles. The average molecular weight is 352 g/mol. The first-order valence-corrected chi connectivity index (χ1v) is 9.15. The quantitative estimate of drug-likeness (QED) is 0.369. The van der Waals surface area contributed by atoms with Crippen LogP contribution < -0.4 is 14.2 Å². The van der Waals surface area contributed by atoms with Crippen LogP contribution in [0.1, 0.15) is 68.6 Å². The molecule has 25 heavy (non-hydrogen) atoms. The Morgan fingerprint density at radius 2 is 1.36 bits per heavy atom. The number of hydrogen-bond donors (Lipinski definition) is 0. The fourth-order valence-corrected chi connectivity index (χ4v) is 2.67. The van der Waals surface area contributed by atoms with E-state index >= 15 is 0 Å². The lowest BCUT2D eigenvalue weighted by atomic mass is 10.1. The number of benzene rings is 1. The zero-order valence-corrected chi connectivity index (χ0v) is 16.1. The third-order valence-electron chi connectivity index (χ3n) is 4.13. The molecule has 0 aromatic heterocycles. The van der Waals surface area contributed by atoms with Crippen molar-refractivity contribution in [1.29, 1.82) is 0 Å². The molecule has 0 aliphatic heterocycles. The predicted molar refractivity (Wildman–Crippen MR) is 99.0 cm³/mol. The van der Waals surface area contributed by atoms with E-state index in [1.807, 2.05) is 0 Å². The van der Waals surface area contributed by atoms with E-state index in [0.717, 1.165) is 12.8 Å².